The fourth-order valence-electron chi connectivity index (χ4n) is 2.85. The van der Waals surface area contributed by atoms with Crippen molar-refractivity contribution in [1.82, 2.24) is 4.98 Å². The van der Waals surface area contributed by atoms with Crippen LogP contribution in [0.4, 0.5) is 0 Å². The molecule has 134 valence electrons. The summed E-state index contributed by atoms with van der Waals surface area (Å²) in [7, 11) is 0. The number of hydrogen-bond acceptors (Lipinski definition) is 4. The second kappa shape index (κ2) is 7.62. The number of aromatic nitrogens is 1. The smallest absolute Gasteiger partial charge is 0.355 e. The quantitative estimate of drug-likeness (QED) is 0.503. The largest absolute Gasteiger partial charge is 0.488 e. The molecule has 0 saturated heterocycles. The van der Waals surface area contributed by atoms with E-state index >= 15 is 0 Å². The van der Waals surface area contributed by atoms with Crippen LogP contribution in [-0.4, -0.2) is 23.8 Å². The molecule has 0 spiro atoms. The van der Waals surface area contributed by atoms with E-state index in [-0.39, 0.29) is 17.9 Å². The van der Waals surface area contributed by atoms with E-state index in [2.05, 4.69) is 4.98 Å². The monoisotopic (exact) mass is 371 g/mol. The Morgan fingerprint density at radius 3 is 2.65 bits per heavy atom. The van der Waals surface area contributed by atoms with Gasteiger partial charge in [0.2, 0.25) is 0 Å². The molecule has 3 aromatic rings. The normalized spacial score (nSPS) is 10.7. The van der Waals surface area contributed by atoms with Crippen LogP contribution < -0.4 is 4.74 Å². The second-order valence-electron chi connectivity index (χ2n) is 5.78. The molecule has 0 bridgehead atoms. The first-order valence-electron chi connectivity index (χ1n) is 8.20. The zero-order valence-electron chi connectivity index (χ0n) is 14.5. The number of hydrogen-bond donors (Lipinski definition) is 1. The Balaban J connectivity index is 2.12. The van der Waals surface area contributed by atoms with E-state index in [4.69, 9.17) is 21.1 Å². The Kier molecular flexibility index (Phi) is 5.28. The van der Waals surface area contributed by atoms with Crippen LogP contribution in [0.5, 0.6) is 5.75 Å². The number of halogens is 1. The molecule has 0 aliphatic heterocycles. The Hall–Kier alpha value is -2.79. The van der Waals surface area contributed by atoms with Gasteiger partial charge in [0.1, 0.15) is 18.1 Å². The van der Waals surface area contributed by atoms with Gasteiger partial charge in [-0.1, -0.05) is 41.9 Å². The molecule has 1 heterocycles. The van der Waals surface area contributed by atoms with Gasteiger partial charge in [-0.3, -0.25) is 4.79 Å². The summed E-state index contributed by atoms with van der Waals surface area (Å²) < 4.78 is 11.0. The van der Waals surface area contributed by atoms with Crippen molar-refractivity contribution in [3.63, 3.8) is 0 Å². The molecule has 1 N–H and O–H groups in total. The van der Waals surface area contributed by atoms with Crippen LogP contribution >= 0.6 is 11.6 Å². The lowest BCUT2D eigenvalue weighted by Crippen LogP contribution is -2.07. The van der Waals surface area contributed by atoms with Gasteiger partial charge >= 0.3 is 5.97 Å². The maximum Gasteiger partial charge on any atom is 0.355 e. The topological polar surface area (TPSA) is 68.4 Å². The lowest BCUT2D eigenvalue weighted by Gasteiger charge is -2.12. The Bertz CT molecular complexity index is 963. The lowest BCUT2D eigenvalue weighted by atomic mass is 10.1. The molecule has 2 aromatic carbocycles. The first-order valence-corrected chi connectivity index (χ1v) is 8.58. The highest BCUT2D eigenvalue weighted by Crippen LogP contribution is 2.38. The lowest BCUT2D eigenvalue weighted by molar-refractivity contribution is 0.0518. The van der Waals surface area contributed by atoms with Crippen LogP contribution in [0.3, 0.4) is 0 Å². The SMILES string of the molecule is CCOC(=O)c1[nH]c2c(Cl)cc(C)c(OCc3ccccc3)c2c1C=O. The predicted octanol–water partition coefficient (Wildman–Crippen LogP) is 4.70. The molecule has 0 atom stereocenters. The summed E-state index contributed by atoms with van der Waals surface area (Å²) in [4.78, 5) is 26.8. The second-order valence-corrected chi connectivity index (χ2v) is 6.19. The summed E-state index contributed by atoms with van der Waals surface area (Å²) >= 11 is 6.32. The molecule has 1 aromatic heterocycles. The van der Waals surface area contributed by atoms with Crippen molar-refractivity contribution in [2.24, 2.45) is 0 Å². The van der Waals surface area contributed by atoms with Crippen LogP contribution in [0.1, 0.15) is 38.9 Å². The number of benzene rings is 2. The van der Waals surface area contributed by atoms with E-state index in [0.29, 0.717) is 34.6 Å². The van der Waals surface area contributed by atoms with Gasteiger partial charge in [0.25, 0.3) is 0 Å². The zero-order valence-corrected chi connectivity index (χ0v) is 15.2. The fourth-order valence-corrected chi connectivity index (χ4v) is 3.16. The van der Waals surface area contributed by atoms with Crippen molar-refractivity contribution in [3.8, 4) is 5.75 Å². The third kappa shape index (κ3) is 3.30. The van der Waals surface area contributed by atoms with Crippen molar-refractivity contribution in [2.75, 3.05) is 6.61 Å². The van der Waals surface area contributed by atoms with Gasteiger partial charge in [-0.15, -0.1) is 0 Å². The first-order chi connectivity index (χ1) is 12.6. The minimum Gasteiger partial charge on any atom is -0.488 e. The van der Waals surface area contributed by atoms with Crippen molar-refractivity contribution in [2.45, 2.75) is 20.5 Å². The molecule has 3 rings (SSSR count). The summed E-state index contributed by atoms with van der Waals surface area (Å²) in [6.45, 7) is 4.08. The standard InChI is InChI=1S/C20H18ClNO4/c1-3-25-20(24)17-14(10-23)16-18(22-17)15(21)9-12(2)19(16)26-11-13-7-5-4-6-8-13/h4-10,22H,3,11H2,1-2H3. The van der Waals surface area contributed by atoms with E-state index in [1.54, 1.807) is 13.0 Å². The average molecular weight is 372 g/mol. The molecule has 0 unspecified atom stereocenters. The van der Waals surface area contributed by atoms with E-state index in [1.807, 2.05) is 37.3 Å². The number of H-pyrrole nitrogens is 1. The van der Waals surface area contributed by atoms with E-state index in [1.165, 1.54) is 0 Å². The number of aldehydes is 1. The van der Waals surface area contributed by atoms with Crippen LogP contribution in [0.15, 0.2) is 36.4 Å². The molecule has 0 radical (unpaired) electrons. The van der Waals surface area contributed by atoms with Crippen LogP contribution in [0.2, 0.25) is 5.02 Å². The van der Waals surface area contributed by atoms with Crippen LogP contribution in [-0.2, 0) is 11.3 Å². The number of carbonyl (C=O) groups is 2. The third-order valence-electron chi connectivity index (χ3n) is 4.03. The molecular weight excluding hydrogens is 354 g/mol. The molecule has 0 saturated carbocycles. The van der Waals surface area contributed by atoms with Gasteiger partial charge in [-0.25, -0.2) is 4.79 Å². The molecule has 0 fully saturated rings. The minimum atomic E-state index is -0.603. The number of fused-ring (bicyclic) bond motifs is 1. The van der Waals surface area contributed by atoms with Gasteiger partial charge in [-0.05, 0) is 31.0 Å². The fraction of sp³-hybridized carbons (Fsp3) is 0.200. The molecule has 0 aliphatic carbocycles. The summed E-state index contributed by atoms with van der Waals surface area (Å²) in [5.41, 5.74) is 2.51. The van der Waals surface area contributed by atoms with E-state index in [9.17, 15) is 9.59 Å². The van der Waals surface area contributed by atoms with Crippen LogP contribution in [0, 0.1) is 6.92 Å². The Morgan fingerprint density at radius 2 is 2.00 bits per heavy atom. The average Bonchev–Trinajstić information content (AvgIpc) is 3.03. The molecule has 26 heavy (non-hydrogen) atoms. The van der Waals surface area contributed by atoms with Gasteiger partial charge < -0.3 is 14.5 Å². The number of aromatic amines is 1. The highest BCUT2D eigenvalue weighted by atomic mass is 35.5. The maximum absolute atomic E-state index is 12.2. The number of ether oxygens (including phenoxy) is 2. The number of carbonyl (C=O) groups excluding carboxylic acids is 2. The third-order valence-corrected chi connectivity index (χ3v) is 4.33. The highest BCUT2D eigenvalue weighted by Gasteiger charge is 2.24. The molecule has 5 nitrogen and oxygen atoms in total. The summed E-state index contributed by atoms with van der Waals surface area (Å²) in [6, 6.07) is 11.4. The maximum atomic E-state index is 12.2. The van der Waals surface area contributed by atoms with Crippen molar-refractivity contribution in [3.05, 3.63) is 63.8 Å². The Morgan fingerprint density at radius 1 is 1.27 bits per heavy atom. The predicted molar refractivity (Wildman–Crippen MR) is 100 cm³/mol. The zero-order chi connectivity index (χ0) is 18.7. The van der Waals surface area contributed by atoms with E-state index in [0.717, 1.165) is 11.1 Å². The summed E-state index contributed by atoms with van der Waals surface area (Å²) in [5.74, 6) is -0.0873. The van der Waals surface area contributed by atoms with Gasteiger partial charge in [0.15, 0.2) is 6.29 Å². The number of nitrogens with one attached hydrogen (secondary N) is 1. The van der Waals surface area contributed by atoms with Gasteiger partial charge in [0, 0.05) is 0 Å². The number of rotatable bonds is 6. The summed E-state index contributed by atoms with van der Waals surface area (Å²) in [5, 5.41) is 0.896. The van der Waals surface area contributed by atoms with Crippen molar-refractivity contribution >= 4 is 34.8 Å². The highest BCUT2D eigenvalue weighted by molar-refractivity contribution is 6.36. The summed E-state index contributed by atoms with van der Waals surface area (Å²) in [6.07, 6.45) is 0.621. The molecule has 0 aliphatic rings. The number of aryl methyl sites for hydroxylation is 1. The van der Waals surface area contributed by atoms with Crippen molar-refractivity contribution in [1.29, 1.82) is 0 Å². The molecular formula is C20H18ClNO4. The van der Waals surface area contributed by atoms with E-state index < -0.39 is 5.97 Å². The minimum absolute atomic E-state index is 0.0777. The number of esters is 1. The van der Waals surface area contributed by atoms with Crippen molar-refractivity contribution < 1.29 is 19.1 Å². The van der Waals surface area contributed by atoms with Gasteiger partial charge in [-0.2, -0.15) is 0 Å². The molecule has 6 heteroatoms. The molecule has 0 amide bonds. The van der Waals surface area contributed by atoms with Crippen LogP contribution in [0.25, 0.3) is 10.9 Å². The Labute approximate surface area is 155 Å². The first kappa shape index (κ1) is 18.0. The van der Waals surface area contributed by atoms with Gasteiger partial charge in [0.05, 0.1) is 28.1 Å².